The van der Waals surface area contributed by atoms with E-state index in [-0.39, 0.29) is 11.5 Å². The quantitative estimate of drug-likeness (QED) is 0.881. The topological polar surface area (TPSA) is 67.3 Å². The Labute approximate surface area is 147 Å². The van der Waals surface area contributed by atoms with Crippen LogP contribution in [0.5, 0.6) is 0 Å². The standard InChI is InChI=1S/C17H25ClN4O2/c1-16(2,3)24-15(23)22-9-11-7-12(8-17(11,4)10-22)19-14-6-5-13(18)20-21-14/h5-6,11-12H,7-10H2,1-4H3,(H,19,21)/t11-,12+,17+/m0/s1. The van der Waals surface area contributed by atoms with E-state index in [1.165, 1.54) is 0 Å². The fourth-order valence-electron chi connectivity index (χ4n) is 3.87. The van der Waals surface area contributed by atoms with Crippen molar-refractivity contribution in [1.82, 2.24) is 15.1 Å². The first-order chi connectivity index (χ1) is 11.1. The van der Waals surface area contributed by atoms with Crippen LogP contribution in [0.25, 0.3) is 0 Å². The normalized spacial score (nSPS) is 29.5. The van der Waals surface area contributed by atoms with Crippen molar-refractivity contribution in [2.24, 2.45) is 11.3 Å². The molecule has 3 atom stereocenters. The molecule has 2 aliphatic rings. The van der Waals surface area contributed by atoms with Gasteiger partial charge in [-0.2, -0.15) is 0 Å². The summed E-state index contributed by atoms with van der Waals surface area (Å²) in [5.41, 5.74) is -0.332. The maximum Gasteiger partial charge on any atom is 0.410 e. The number of carbonyl (C=O) groups excluding carboxylic acids is 1. The first-order valence-electron chi connectivity index (χ1n) is 8.38. The molecule has 0 bridgehead atoms. The molecule has 24 heavy (non-hydrogen) atoms. The summed E-state index contributed by atoms with van der Waals surface area (Å²) < 4.78 is 5.51. The van der Waals surface area contributed by atoms with Crippen molar-refractivity contribution in [3.8, 4) is 0 Å². The molecule has 1 N–H and O–H groups in total. The van der Waals surface area contributed by atoms with Crippen LogP contribution in [0.1, 0.15) is 40.5 Å². The minimum Gasteiger partial charge on any atom is -0.444 e. The highest BCUT2D eigenvalue weighted by atomic mass is 35.5. The molecular formula is C17H25ClN4O2. The number of rotatable bonds is 2. The SMILES string of the molecule is CC(C)(C)OC(=O)N1C[C@@H]2C[C@@H](Nc3ccc(Cl)nn3)C[C@]2(C)C1. The van der Waals surface area contributed by atoms with Crippen LogP contribution in [0.4, 0.5) is 10.6 Å². The van der Waals surface area contributed by atoms with Gasteiger partial charge in [-0.3, -0.25) is 0 Å². The third-order valence-electron chi connectivity index (χ3n) is 4.90. The minimum absolute atomic E-state index is 0.119. The number of likely N-dealkylation sites (tertiary alicyclic amines) is 1. The Morgan fingerprint density at radius 1 is 1.42 bits per heavy atom. The van der Waals surface area contributed by atoms with Crippen molar-refractivity contribution in [2.75, 3.05) is 18.4 Å². The number of anilines is 1. The average molecular weight is 353 g/mol. The van der Waals surface area contributed by atoms with Gasteiger partial charge in [0.05, 0.1) is 0 Å². The lowest BCUT2D eigenvalue weighted by Gasteiger charge is -2.27. The number of nitrogens with one attached hydrogen (secondary N) is 1. The molecule has 0 radical (unpaired) electrons. The molecule has 2 fully saturated rings. The Balaban J connectivity index is 1.58. The second-order valence-electron chi connectivity index (χ2n) is 8.23. The van der Waals surface area contributed by atoms with Crippen molar-refractivity contribution >= 4 is 23.5 Å². The lowest BCUT2D eigenvalue weighted by Crippen LogP contribution is -2.37. The summed E-state index contributed by atoms with van der Waals surface area (Å²) in [5.74, 6) is 1.22. The zero-order valence-corrected chi connectivity index (χ0v) is 15.4. The van der Waals surface area contributed by atoms with E-state index in [1.54, 1.807) is 6.07 Å². The van der Waals surface area contributed by atoms with Gasteiger partial charge in [-0.1, -0.05) is 18.5 Å². The highest BCUT2D eigenvalue weighted by Gasteiger charge is 2.51. The number of carbonyl (C=O) groups is 1. The molecular weight excluding hydrogens is 328 g/mol. The van der Waals surface area contributed by atoms with Gasteiger partial charge in [0.1, 0.15) is 11.4 Å². The van der Waals surface area contributed by atoms with E-state index in [1.807, 2.05) is 31.7 Å². The van der Waals surface area contributed by atoms with Crippen LogP contribution >= 0.6 is 11.6 Å². The van der Waals surface area contributed by atoms with Gasteiger partial charge < -0.3 is 15.0 Å². The van der Waals surface area contributed by atoms with E-state index in [2.05, 4.69) is 22.4 Å². The number of nitrogens with zero attached hydrogens (tertiary/aromatic N) is 3. The van der Waals surface area contributed by atoms with E-state index in [4.69, 9.17) is 16.3 Å². The molecule has 1 aromatic heterocycles. The third-order valence-corrected chi connectivity index (χ3v) is 5.10. The van der Waals surface area contributed by atoms with Gasteiger partial charge in [-0.05, 0) is 57.1 Å². The number of amides is 1. The molecule has 1 aliphatic heterocycles. The van der Waals surface area contributed by atoms with Crippen molar-refractivity contribution in [3.63, 3.8) is 0 Å². The van der Waals surface area contributed by atoms with Crippen molar-refractivity contribution < 1.29 is 9.53 Å². The molecule has 1 saturated heterocycles. The molecule has 1 amide bonds. The summed E-state index contributed by atoms with van der Waals surface area (Å²) in [6.07, 6.45) is 1.81. The fraction of sp³-hybridized carbons (Fsp3) is 0.706. The summed E-state index contributed by atoms with van der Waals surface area (Å²) in [6.45, 7) is 9.47. The molecule has 0 spiro atoms. The lowest BCUT2D eigenvalue weighted by molar-refractivity contribution is 0.0270. The number of ether oxygens (including phenoxy) is 1. The highest BCUT2D eigenvalue weighted by molar-refractivity contribution is 6.29. The van der Waals surface area contributed by atoms with Gasteiger partial charge in [0, 0.05) is 19.1 Å². The van der Waals surface area contributed by atoms with Gasteiger partial charge in [0.2, 0.25) is 0 Å². The minimum atomic E-state index is -0.451. The molecule has 1 saturated carbocycles. The third kappa shape index (κ3) is 3.74. The van der Waals surface area contributed by atoms with Gasteiger partial charge in [-0.25, -0.2) is 4.79 Å². The molecule has 3 rings (SSSR count). The van der Waals surface area contributed by atoms with Crippen LogP contribution in [0.15, 0.2) is 12.1 Å². The second-order valence-corrected chi connectivity index (χ2v) is 8.62. The van der Waals surface area contributed by atoms with Crippen LogP contribution in [0.2, 0.25) is 5.15 Å². The van der Waals surface area contributed by atoms with Crippen LogP contribution in [0.3, 0.4) is 0 Å². The second kappa shape index (κ2) is 6.06. The van der Waals surface area contributed by atoms with Gasteiger partial charge >= 0.3 is 6.09 Å². The largest absolute Gasteiger partial charge is 0.444 e. The van der Waals surface area contributed by atoms with E-state index in [0.29, 0.717) is 17.1 Å². The number of hydrogen-bond donors (Lipinski definition) is 1. The van der Waals surface area contributed by atoms with Gasteiger partial charge in [-0.15, -0.1) is 10.2 Å². The van der Waals surface area contributed by atoms with Gasteiger partial charge in [0.15, 0.2) is 5.15 Å². The average Bonchev–Trinajstić information content (AvgIpc) is 2.91. The van der Waals surface area contributed by atoms with Crippen molar-refractivity contribution in [2.45, 2.75) is 52.2 Å². The first kappa shape index (κ1) is 17.3. The zero-order valence-electron chi connectivity index (χ0n) is 14.7. The Morgan fingerprint density at radius 2 is 2.17 bits per heavy atom. The Bertz CT molecular complexity index is 616. The fourth-order valence-corrected chi connectivity index (χ4v) is 3.97. The lowest BCUT2D eigenvalue weighted by atomic mass is 9.83. The smallest absolute Gasteiger partial charge is 0.410 e. The number of fused-ring (bicyclic) bond motifs is 1. The monoisotopic (exact) mass is 352 g/mol. The van der Waals surface area contributed by atoms with E-state index < -0.39 is 5.60 Å². The van der Waals surface area contributed by atoms with E-state index in [0.717, 1.165) is 31.7 Å². The molecule has 7 heteroatoms. The summed E-state index contributed by atoms with van der Waals surface area (Å²) in [6, 6.07) is 3.92. The molecule has 132 valence electrons. The van der Waals surface area contributed by atoms with Crippen LogP contribution < -0.4 is 5.32 Å². The summed E-state index contributed by atoms with van der Waals surface area (Å²) in [7, 11) is 0. The summed E-state index contributed by atoms with van der Waals surface area (Å²) >= 11 is 5.77. The number of halogens is 1. The molecule has 1 aromatic rings. The predicted molar refractivity (Wildman–Crippen MR) is 93.1 cm³/mol. The van der Waals surface area contributed by atoms with Crippen LogP contribution in [0, 0.1) is 11.3 Å². The highest BCUT2D eigenvalue weighted by Crippen LogP contribution is 2.49. The molecule has 6 nitrogen and oxygen atoms in total. The van der Waals surface area contributed by atoms with Gasteiger partial charge in [0.25, 0.3) is 0 Å². The van der Waals surface area contributed by atoms with Crippen molar-refractivity contribution in [1.29, 1.82) is 0 Å². The predicted octanol–water partition coefficient (Wildman–Crippen LogP) is 3.58. The maximum absolute atomic E-state index is 12.3. The maximum atomic E-state index is 12.3. The van der Waals surface area contributed by atoms with Crippen molar-refractivity contribution in [3.05, 3.63) is 17.3 Å². The Kier molecular flexibility index (Phi) is 4.36. The Morgan fingerprint density at radius 3 is 2.75 bits per heavy atom. The zero-order chi connectivity index (χ0) is 17.5. The number of hydrogen-bond acceptors (Lipinski definition) is 5. The van der Waals surface area contributed by atoms with E-state index in [9.17, 15) is 4.79 Å². The van der Waals surface area contributed by atoms with Crippen LogP contribution in [-0.4, -0.2) is 45.9 Å². The Hall–Kier alpha value is -1.56. The molecule has 0 unspecified atom stereocenters. The molecule has 2 heterocycles. The van der Waals surface area contributed by atoms with Crippen LogP contribution in [-0.2, 0) is 4.74 Å². The molecule has 0 aromatic carbocycles. The first-order valence-corrected chi connectivity index (χ1v) is 8.76. The molecule has 1 aliphatic carbocycles. The summed E-state index contributed by atoms with van der Waals surface area (Å²) in [5, 5.41) is 11.8. The van der Waals surface area contributed by atoms with E-state index >= 15 is 0 Å². The number of aromatic nitrogens is 2. The summed E-state index contributed by atoms with van der Waals surface area (Å²) in [4.78, 5) is 14.2.